The Balaban J connectivity index is 1.93. The maximum absolute atomic E-state index is 5.65. The van der Waals surface area contributed by atoms with Crippen molar-refractivity contribution < 1.29 is 0 Å². The van der Waals surface area contributed by atoms with E-state index in [1.807, 2.05) is 34.9 Å². The Bertz CT molecular complexity index is 718. The van der Waals surface area contributed by atoms with Crippen LogP contribution in [0.5, 0.6) is 0 Å². The predicted molar refractivity (Wildman–Crippen MR) is 80.0 cm³/mol. The third kappa shape index (κ3) is 2.69. The van der Waals surface area contributed by atoms with Crippen LogP contribution in [0.1, 0.15) is 16.8 Å². The van der Waals surface area contributed by atoms with Gasteiger partial charge < -0.3 is 10.1 Å². The van der Waals surface area contributed by atoms with Crippen molar-refractivity contribution in [1.82, 2.24) is 9.38 Å². The van der Waals surface area contributed by atoms with E-state index in [2.05, 4.69) is 39.2 Å². The van der Waals surface area contributed by atoms with Gasteiger partial charge in [-0.15, -0.1) is 0 Å². The summed E-state index contributed by atoms with van der Waals surface area (Å²) in [7, 11) is 0. The van der Waals surface area contributed by atoms with Gasteiger partial charge in [0.15, 0.2) is 0 Å². The summed E-state index contributed by atoms with van der Waals surface area (Å²) in [5.74, 6) is 0. The molecule has 3 aromatic rings. The van der Waals surface area contributed by atoms with Gasteiger partial charge in [0.05, 0.1) is 5.69 Å². The first-order valence-corrected chi connectivity index (χ1v) is 6.95. The summed E-state index contributed by atoms with van der Waals surface area (Å²) >= 11 is 3.49. The van der Waals surface area contributed by atoms with Gasteiger partial charge in [0.1, 0.15) is 5.65 Å². The second-order valence-corrected chi connectivity index (χ2v) is 5.46. The quantitative estimate of drug-likeness (QED) is 0.807. The largest absolute Gasteiger partial charge is 0.326 e. The van der Waals surface area contributed by atoms with Gasteiger partial charge in [-0.25, -0.2) is 4.98 Å². The van der Waals surface area contributed by atoms with Crippen LogP contribution in [0.3, 0.4) is 0 Å². The van der Waals surface area contributed by atoms with Crippen LogP contribution in [0.4, 0.5) is 0 Å². The molecule has 0 saturated heterocycles. The number of aromatic nitrogens is 2. The van der Waals surface area contributed by atoms with E-state index < -0.39 is 0 Å². The molecule has 96 valence electrons. The van der Waals surface area contributed by atoms with Gasteiger partial charge in [-0.3, -0.25) is 0 Å². The number of benzene rings is 1. The van der Waals surface area contributed by atoms with Gasteiger partial charge in [-0.05, 0) is 29.3 Å². The number of hydrogen-bond acceptors (Lipinski definition) is 2. The zero-order valence-corrected chi connectivity index (χ0v) is 12.0. The maximum Gasteiger partial charge on any atom is 0.137 e. The van der Waals surface area contributed by atoms with Gasteiger partial charge in [0, 0.05) is 29.8 Å². The topological polar surface area (TPSA) is 43.3 Å². The minimum atomic E-state index is 0.551. The van der Waals surface area contributed by atoms with Crippen LogP contribution in [-0.4, -0.2) is 9.38 Å². The Hall–Kier alpha value is -1.65. The highest BCUT2D eigenvalue weighted by molar-refractivity contribution is 9.10. The number of pyridine rings is 1. The fourth-order valence-electron chi connectivity index (χ4n) is 2.15. The summed E-state index contributed by atoms with van der Waals surface area (Å²) in [6.45, 7) is 0.551. The normalized spacial score (nSPS) is 11.1. The van der Waals surface area contributed by atoms with E-state index in [4.69, 9.17) is 5.73 Å². The third-order valence-electron chi connectivity index (χ3n) is 3.07. The molecular weight excluding hydrogens is 302 g/mol. The average molecular weight is 316 g/mol. The minimum absolute atomic E-state index is 0.551. The summed E-state index contributed by atoms with van der Waals surface area (Å²) < 4.78 is 3.13. The number of imidazole rings is 1. The number of halogens is 1. The Morgan fingerprint density at radius 1 is 1.11 bits per heavy atom. The molecular formula is C15H14BrN3. The molecule has 0 aliphatic carbocycles. The van der Waals surface area contributed by atoms with E-state index in [1.54, 1.807) is 0 Å². The molecule has 0 fully saturated rings. The predicted octanol–water partition coefficient (Wildman–Crippen LogP) is 3.15. The lowest BCUT2D eigenvalue weighted by molar-refractivity contribution is 1.03. The van der Waals surface area contributed by atoms with Gasteiger partial charge in [0.2, 0.25) is 0 Å². The van der Waals surface area contributed by atoms with E-state index >= 15 is 0 Å². The molecule has 0 spiro atoms. The Morgan fingerprint density at radius 3 is 2.79 bits per heavy atom. The number of fused-ring (bicyclic) bond motifs is 1. The second-order valence-electron chi connectivity index (χ2n) is 4.55. The van der Waals surface area contributed by atoms with Gasteiger partial charge >= 0.3 is 0 Å². The number of nitrogens with two attached hydrogens (primary N) is 1. The van der Waals surface area contributed by atoms with Crippen molar-refractivity contribution in [2.45, 2.75) is 13.0 Å². The first kappa shape index (κ1) is 12.4. The molecule has 0 saturated carbocycles. The monoisotopic (exact) mass is 315 g/mol. The zero-order valence-electron chi connectivity index (χ0n) is 10.4. The van der Waals surface area contributed by atoms with Crippen LogP contribution in [0.15, 0.2) is 53.3 Å². The Labute approximate surface area is 120 Å². The second kappa shape index (κ2) is 5.15. The molecule has 1 aromatic carbocycles. The van der Waals surface area contributed by atoms with Gasteiger partial charge in [-0.1, -0.05) is 34.1 Å². The molecule has 3 nitrogen and oxygen atoms in total. The maximum atomic E-state index is 5.65. The molecule has 0 amide bonds. The number of hydrogen-bond donors (Lipinski definition) is 1. The average Bonchev–Trinajstić information content (AvgIpc) is 2.79. The minimum Gasteiger partial charge on any atom is -0.326 e. The Morgan fingerprint density at radius 2 is 2.00 bits per heavy atom. The highest BCUT2D eigenvalue weighted by Crippen LogP contribution is 2.16. The molecule has 0 unspecified atom stereocenters. The third-order valence-corrected chi connectivity index (χ3v) is 3.57. The van der Waals surface area contributed by atoms with E-state index in [9.17, 15) is 0 Å². The van der Waals surface area contributed by atoms with E-state index in [1.165, 1.54) is 5.56 Å². The summed E-state index contributed by atoms with van der Waals surface area (Å²) in [5, 5.41) is 0. The molecule has 0 atom stereocenters. The molecule has 0 aliphatic rings. The molecule has 2 aromatic heterocycles. The lowest BCUT2D eigenvalue weighted by Gasteiger charge is -1.98. The first-order valence-electron chi connectivity index (χ1n) is 6.15. The molecule has 0 aliphatic heterocycles. The highest BCUT2D eigenvalue weighted by atomic mass is 79.9. The standard InChI is InChI=1S/C15H14BrN3/c16-13-3-1-2-11(6-13)7-14-10-19-9-12(8-17)4-5-15(19)18-14/h1-6,9-10H,7-8,17H2. The molecule has 2 N–H and O–H groups in total. The molecule has 0 bridgehead atoms. The van der Waals surface area contributed by atoms with E-state index in [0.717, 1.165) is 27.8 Å². The summed E-state index contributed by atoms with van der Waals surface area (Å²) in [4.78, 5) is 4.62. The molecule has 19 heavy (non-hydrogen) atoms. The van der Waals surface area contributed by atoms with E-state index in [-0.39, 0.29) is 0 Å². The fourth-order valence-corrected chi connectivity index (χ4v) is 2.60. The van der Waals surface area contributed by atoms with Crippen molar-refractivity contribution in [3.8, 4) is 0 Å². The van der Waals surface area contributed by atoms with Crippen LogP contribution < -0.4 is 5.73 Å². The van der Waals surface area contributed by atoms with Crippen molar-refractivity contribution in [1.29, 1.82) is 0 Å². The van der Waals surface area contributed by atoms with Gasteiger partial charge in [-0.2, -0.15) is 0 Å². The van der Waals surface area contributed by atoms with Crippen molar-refractivity contribution in [2.75, 3.05) is 0 Å². The SMILES string of the molecule is NCc1ccc2nc(Cc3cccc(Br)c3)cn2c1. The molecule has 0 radical (unpaired) electrons. The van der Waals surface area contributed by atoms with Crippen LogP contribution in [0.25, 0.3) is 5.65 Å². The Kier molecular flexibility index (Phi) is 3.36. The molecule has 2 heterocycles. The first-order chi connectivity index (χ1) is 9.24. The van der Waals surface area contributed by atoms with Crippen LogP contribution >= 0.6 is 15.9 Å². The zero-order chi connectivity index (χ0) is 13.2. The van der Waals surface area contributed by atoms with Crippen molar-refractivity contribution >= 4 is 21.6 Å². The summed E-state index contributed by atoms with van der Waals surface area (Å²) in [6, 6.07) is 12.3. The highest BCUT2D eigenvalue weighted by Gasteiger charge is 2.04. The lowest BCUT2D eigenvalue weighted by atomic mass is 10.1. The van der Waals surface area contributed by atoms with Crippen molar-refractivity contribution in [2.24, 2.45) is 5.73 Å². The lowest BCUT2D eigenvalue weighted by Crippen LogP contribution is -1.97. The fraction of sp³-hybridized carbons (Fsp3) is 0.133. The van der Waals surface area contributed by atoms with Crippen molar-refractivity contribution in [3.05, 3.63) is 70.1 Å². The van der Waals surface area contributed by atoms with Crippen LogP contribution in [-0.2, 0) is 13.0 Å². The summed E-state index contributed by atoms with van der Waals surface area (Å²) in [5.41, 5.74) is 10.0. The number of nitrogens with zero attached hydrogens (tertiary/aromatic N) is 2. The summed E-state index contributed by atoms with van der Waals surface area (Å²) in [6.07, 6.45) is 4.93. The van der Waals surface area contributed by atoms with E-state index in [0.29, 0.717) is 6.54 Å². The van der Waals surface area contributed by atoms with Crippen LogP contribution in [0.2, 0.25) is 0 Å². The van der Waals surface area contributed by atoms with Crippen molar-refractivity contribution in [3.63, 3.8) is 0 Å². The molecule has 3 rings (SSSR count). The number of rotatable bonds is 3. The van der Waals surface area contributed by atoms with Crippen LogP contribution in [0, 0.1) is 0 Å². The smallest absolute Gasteiger partial charge is 0.137 e. The molecule has 4 heteroatoms. The van der Waals surface area contributed by atoms with Gasteiger partial charge in [0.25, 0.3) is 0 Å².